The molecule has 0 bridgehead atoms. The number of hydrogen-bond acceptors (Lipinski definition) is 7. The molecule has 1 amide bonds. The molecule has 0 radical (unpaired) electrons. The van der Waals surface area contributed by atoms with Crippen LogP contribution in [-0.2, 0) is 21.3 Å². The predicted octanol–water partition coefficient (Wildman–Crippen LogP) is 6.12. The third-order valence-corrected chi connectivity index (χ3v) is 11.6. The Kier molecular flexibility index (Phi) is 8.33. The molecule has 46 heavy (non-hydrogen) atoms. The molecule has 3 aromatic carbocycles. The summed E-state index contributed by atoms with van der Waals surface area (Å²) in [5.41, 5.74) is 0.479. The van der Waals surface area contributed by atoms with Crippen LogP contribution < -0.4 is 9.47 Å². The fourth-order valence-electron chi connectivity index (χ4n) is 6.88. The quantitative estimate of drug-likeness (QED) is 0.299. The highest BCUT2D eigenvalue weighted by atomic mass is 35.5. The molecule has 0 unspecified atom stereocenters. The van der Waals surface area contributed by atoms with E-state index in [0.29, 0.717) is 70.4 Å². The fourth-order valence-corrected chi connectivity index (χ4v) is 9.01. The van der Waals surface area contributed by atoms with Crippen molar-refractivity contribution in [1.29, 1.82) is 0 Å². The summed E-state index contributed by atoms with van der Waals surface area (Å²) in [6.45, 7) is 3.09. The van der Waals surface area contributed by atoms with Crippen LogP contribution in [0.15, 0.2) is 65.6 Å². The number of piperazine rings is 1. The van der Waals surface area contributed by atoms with Crippen LogP contribution in [0.3, 0.4) is 0 Å². The summed E-state index contributed by atoms with van der Waals surface area (Å²) in [6, 6.07) is 13.6. The number of piperidine rings is 1. The van der Waals surface area contributed by atoms with Crippen molar-refractivity contribution in [3.63, 3.8) is 0 Å². The van der Waals surface area contributed by atoms with Crippen molar-refractivity contribution in [3.05, 3.63) is 88.4 Å². The number of carbonyl (C=O) groups excluding carboxylic acids is 1. The van der Waals surface area contributed by atoms with E-state index in [1.54, 1.807) is 11.0 Å². The fraction of sp³-hybridized carbons (Fsp3) is 0.424. The zero-order chi connectivity index (χ0) is 32.1. The van der Waals surface area contributed by atoms with Gasteiger partial charge in [-0.2, -0.15) is 4.31 Å². The maximum atomic E-state index is 15.2. The van der Waals surface area contributed by atoms with Gasteiger partial charge in [-0.1, -0.05) is 29.8 Å². The van der Waals surface area contributed by atoms with Crippen molar-refractivity contribution in [2.24, 2.45) is 0 Å². The molecular weight excluding hydrogens is 640 g/mol. The number of ether oxygens (including phenoxy) is 3. The van der Waals surface area contributed by atoms with Gasteiger partial charge in [-0.05, 0) is 85.7 Å². The van der Waals surface area contributed by atoms with E-state index in [0.717, 1.165) is 29.2 Å². The van der Waals surface area contributed by atoms with Crippen molar-refractivity contribution in [2.45, 2.75) is 61.2 Å². The highest BCUT2D eigenvalue weighted by Crippen LogP contribution is 2.53. The zero-order valence-corrected chi connectivity index (χ0v) is 26.6. The van der Waals surface area contributed by atoms with Gasteiger partial charge in [-0.15, -0.1) is 0 Å². The Bertz CT molecular complexity index is 1750. The Balaban J connectivity index is 1.09. The number of nitrogens with zero attached hydrogens (tertiary/aromatic N) is 3. The van der Waals surface area contributed by atoms with Crippen molar-refractivity contribution in [2.75, 3.05) is 33.0 Å². The summed E-state index contributed by atoms with van der Waals surface area (Å²) in [7, 11) is -4.46. The van der Waals surface area contributed by atoms with E-state index in [2.05, 4.69) is 4.90 Å². The molecule has 3 aliphatic heterocycles. The topological polar surface area (TPSA) is 88.6 Å². The van der Waals surface area contributed by atoms with Crippen LogP contribution in [-0.4, -0.2) is 73.2 Å². The lowest BCUT2D eigenvalue weighted by atomic mass is 9.90. The Morgan fingerprint density at radius 2 is 1.74 bits per heavy atom. The van der Waals surface area contributed by atoms with Crippen LogP contribution in [0.1, 0.15) is 49.3 Å². The van der Waals surface area contributed by atoms with Crippen molar-refractivity contribution in [1.82, 2.24) is 14.1 Å². The Hall–Kier alpha value is -3.45. The van der Waals surface area contributed by atoms with Gasteiger partial charge in [0.2, 0.25) is 16.8 Å². The Morgan fingerprint density at radius 3 is 2.48 bits per heavy atom. The largest absolute Gasteiger partial charge is 0.454 e. The van der Waals surface area contributed by atoms with E-state index in [1.165, 1.54) is 28.6 Å². The molecule has 2 atom stereocenters. The smallest absolute Gasteiger partial charge is 0.410 e. The first-order valence-corrected chi connectivity index (χ1v) is 17.3. The maximum absolute atomic E-state index is 15.2. The summed E-state index contributed by atoms with van der Waals surface area (Å²) in [6.07, 6.45) is 1.89. The number of amides is 1. The third kappa shape index (κ3) is 6.03. The standard InChI is InChI=1S/C33H34ClF2N3O6S/c34-24-8-10-30(26(36)19-24)46(41,42)39-27(23-3-1-4-25(35)18-23)5-2-6-31(39)33(11-12-33)45-32(40)38-15-13-37(14-16-38)20-22-7-9-28-29(17-22)44-21-43-28/h1,3-4,7-10,17-19,27,31H,2,5-6,11-16,20-21H2/t27-,31+/m0/s1. The van der Waals surface area contributed by atoms with Gasteiger partial charge in [0.25, 0.3) is 0 Å². The molecule has 1 aliphatic carbocycles. The molecule has 0 N–H and O–H groups in total. The van der Waals surface area contributed by atoms with Crippen molar-refractivity contribution >= 4 is 27.7 Å². The number of fused-ring (bicyclic) bond motifs is 1. The van der Waals surface area contributed by atoms with Crippen molar-refractivity contribution < 1.29 is 36.2 Å². The molecule has 7 rings (SSSR count). The average Bonchev–Trinajstić information content (AvgIpc) is 3.66. The van der Waals surface area contributed by atoms with Gasteiger partial charge < -0.3 is 19.1 Å². The Morgan fingerprint density at radius 1 is 0.957 bits per heavy atom. The summed E-state index contributed by atoms with van der Waals surface area (Å²) in [5, 5.41) is 0.0666. The van der Waals surface area contributed by atoms with E-state index in [1.807, 2.05) is 18.2 Å². The van der Waals surface area contributed by atoms with Gasteiger partial charge in [0, 0.05) is 37.7 Å². The lowest BCUT2D eigenvalue weighted by Crippen LogP contribution is -2.55. The van der Waals surface area contributed by atoms with Crippen molar-refractivity contribution in [3.8, 4) is 11.5 Å². The van der Waals surface area contributed by atoms with E-state index in [9.17, 15) is 17.6 Å². The molecule has 1 saturated carbocycles. The van der Waals surface area contributed by atoms with E-state index in [4.69, 9.17) is 25.8 Å². The molecule has 3 heterocycles. The lowest BCUT2D eigenvalue weighted by molar-refractivity contribution is -0.0144. The third-order valence-electron chi connectivity index (χ3n) is 9.37. The van der Waals surface area contributed by atoms with E-state index in [-0.39, 0.29) is 11.8 Å². The van der Waals surface area contributed by atoms with E-state index < -0.39 is 50.3 Å². The van der Waals surface area contributed by atoms with Crippen LogP contribution >= 0.6 is 11.6 Å². The molecule has 2 saturated heterocycles. The second-order valence-electron chi connectivity index (χ2n) is 12.3. The monoisotopic (exact) mass is 673 g/mol. The molecule has 3 aromatic rings. The molecule has 244 valence electrons. The first-order chi connectivity index (χ1) is 22.1. The second kappa shape index (κ2) is 12.3. The summed E-state index contributed by atoms with van der Waals surface area (Å²) in [4.78, 5) is 16.9. The molecule has 9 nitrogen and oxygen atoms in total. The van der Waals surface area contributed by atoms with Crippen LogP contribution in [0.5, 0.6) is 11.5 Å². The second-order valence-corrected chi connectivity index (χ2v) is 14.6. The normalized spacial score (nSPS) is 22.9. The summed E-state index contributed by atoms with van der Waals surface area (Å²) in [5.74, 6) is -0.0167. The number of hydrogen-bond donors (Lipinski definition) is 0. The van der Waals surface area contributed by atoms with Crippen LogP contribution in [0, 0.1) is 11.6 Å². The average molecular weight is 674 g/mol. The predicted molar refractivity (Wildman–Crippen MR) is 165 cm³/mol. The minimum Gasteiger partial charge on any atom is -0.454 e. The highest BCUT2D eigenvalue weighted by molar-refractivity contribution is 7.89. The number of sulfonamides is 1. The first kappa shape index (κ1) is 31.2. The first-order valence-electron chi connectivity index (χ1n) is 15.5. The summed E-state index contributed by atoms with van der Waals surface area (Å²) < 4.78 is 76.4. The molecule has 3 fully saturated rings. The van der Waals surface area contributed by atoms with Gasteiger partial charge >= 0.3 is 6.09 Å². The number of rotatable bonds is 7. The van der Waals surface area contributed by atoms with Gasteiger partial charge in [-0.25, -0.2) is 22.0 Å². The van der Waals surface area contributed by atoms with Crippen LogP contribution in [0.25, 0.3) is 0 Å². The van der Waals surface area contributed by atoms with Crippen LogP contribution in [0.2, 0.25) is 5.02 Å². The van der Waals surface area contributed by atoms with Gasteiger partial charge in [0.05, 0.1) is 12.1 Å². The lowest BCUT2D eigenvalue weighted by Gasteiger charge is -2.45. The van der Waals surface area contributed by atoms with E-state index >= 15 is 4.39 Å². The molecule has 0 spiro atoms. The number of carbonyl (C=O) groups is 1. The number of benzene rings is 3. The van der Waals surface area contributed by atoms with Gasteiger partial charge in [0.1, 0.15) is 22.1 Å². The highest BCUT2D eigenvalue weighted by Gasteiger charge is 2.60. The maximum Gasteiger partial charge on any atom is 0.410 e. The zero-order valence-electron chi connectivity index (χ0n) is 25.0. The Labute approximate surface area is 271 Å². The molecule has 4 aliphatic rings. The molecule has 0 aromatic heterocycles. The molecule has 13 heteroatoms. The van der Waals surface area contributed by atoms with Gasteiger partial charge in [0.15, 0.2) is 11.5 Å². The van der Waals surface area contributed by atoms with Gasteiger partial charge in [-0.3, -0.25) is 4.90 Å². The minimum absolute atomic E-state index is 0.0666. The number of halogens is 3. The summed E-state index contributed by atoms with van der Waals surface area (Å²) >= 11 is 5.94. The SMILES string of the molecule is O=C(OC1([C@H]2CCC[C@@H](c3cccc(F)c3)N2S(=O)(=O)c2ccc(Cl)cc2F)CC1)N1CCN(Cc2ccc3c(c2)OCO3)CC1. The molecular formula is C33H34ClF2N3O6S. The van der Waals surface area contributed by atoms with Crippen LogP contribution in [0.4, 0.5) is 13.6 Å². The minimum atomic E-state index is -4.46.